The quantitative estimate of drug-likeness (QED) is 0.818. The number of ketones is 1. The zero-order valence-corrected chi connectivity index (χ0v) is 13.0. The minimum Gasteiger partial charge on any atom is -0.503 e. The SMILES string of the molecule is COC(=O)CN1C(=O)C(O)=C(C(C)=O)C1c1ccccc1OC. The summed E-state index contributed by atoms with van der Waals surface area (Å²) in [5.74, 6) is -2.13. The van der Waals surface area contributed by atoms with Crippen LogP contribution in [0.2, 0.25) is 0 Å². The van der Waals surface area contributed by atoms with Crippen LogP contribution in [0.25, 0.3) is 0 Å². The number of rotatable bonds is 5. The Balaban J connectivity index is 2.58. The van der Waals surface area contributed by atoms with E-state index in [9.17, 15) is 19.5 Å². The van der Waals surface area contributed by atoms with E-state index in [0.717, 1.165) is 4.90 Å². The van der Waals surface area contributed by atoms with Crippen molar-refractivity contribution in [2.45, 2.75) is 13.0 Å². The lowest BCUT2D eigenvalue weighted by atomic mass is 9.96. The first-order valence-corrected chi connectivity index (χ1v) is 6.87. The number of esters is 1. The molecule has 2 rings (SSSR count). The van der Waals surface area contributed by atoms with Crippen LogP contribution in [0.15, 0.2) is 35.6 Å². The van der Waals surface area contributed by atoms with Crippen molar-refractivity contribution in [3.05, 3.63) is 41.2 Å². The van der Waals surface area contributed by atoms with Crippen LogP contribution in [0.5, 0.6) is 5.75 Å². The zero-order valence-electron chi connectivity index (χ0n) is 13.0. The summed E-state index contributed by atoms with van der Waals surface area (Å²) in [6, 6.07) is 5.88. The van der Waals surface area contributed by atoms with E-state index in [-0.39, 0.29) is 12.1 Å². The largest absolute Gasteiger partial charge is 0.503 e. The number of carbonyl (C=O) groups excluding carboxylic acids is 3. The van der Waals surface area contributed by atoms with Crippen LogP contribution in [0.3, 0.4) is 0 Å². The number of nitrogens with zero attached hydrogens (tertiary/aromatic N) is 1. The van der Waals surface area contributed by atoms with Gasteiger partial charge in [-0.05, 0) is 13.0 Å². The standard InChI is InChI=1S/C16H17NO6/c1-9(18)13-14(10-6-4-5-7-11(10)22-2)17(8-12(19)23-3)16(21)15(13)20/h4-7,14,20H,8H2,1-3H3. The third-order valence-electron chi connectivity index (χ3n) is 3.64. The van der Waals surface area contributed by atoms with Gasteiger partial charge in [-0.1, -0.05) is 18.2 Å². The lowest BCUT2D eigenvalue weighted by Gasteiger charge is -2.26. The number of benzene rings is 1. The van der Waals surface area contributed by atoms with E-state index < -0.39 is 29.5 Å². The number of carbonyl (C=O) groups is 3. The molecule has 1 aromatic rings. The van der Waals surface area contributed by atoms with E-state index >= 15 is 0 Å². The Kier molecular flexibility index (Phi) is 4.68. The Morgan fingerprint density at radius 2 is 1.91 bits per heavy atom. The Labute approximate surface area is 133 Å². The first kappa shape index (κ1) is 16.5. The molecule has 7 nitrogen and oxygen atoms in total. The summed E-state index contributed by atoms with van der Waals surface area (Å²) in [4.78, 5) is 36.9. The summed E-state index contributed by atoms with van der Waals surface area (Å²) in [5.41, 5.74) is 0.435. The van der Waals surface area contributed by atoms with Crippen LogP contribution < -0.4 is 4.74 Å². The van der Waals surface area contributed by atoms with Crippen LogP contribution in [0.1, 0.15) is 18.5 Å². The van der Waals surface area contributed by atoms with Gasteiger partial charge in [-0.25, -0.2) is 0 Å². The van der Waals surface area contributed by atoms with Crippen LogP contribution in [-0.4, -0.2) is 48.4 Å². The van der Waals surface area contributed by atoms with Crippen molar-refractivity contribution in [1.82, 2.24) is 4.90 Å². The van der Waals surface area contributed by atoms with Gasteiger partial charge in [0.25, 0.3) is 5.91 Å². The number of aliphatic hydroxyl groups is 1. The third-order valence-corrected chi connectivity index (χ3v) is 3.64. The molecule has 1 heterocycles. The maximum Gasteiger partial charge on any atom is 0.325 e. The number of aliphatic hydroxyl groups excluding tert-OH is 1. The molecule has 23 heavy (non-hydrogen) atoms. The van der Waals surface area contributed by atoms with E-state index in [1.807, 2.05) is 0 Å². The maximum absolute atomic E-state index is 12.3. The third kappa shape index (κ3) is 2.90. The number of methoxy groups -OCH3 is 2. The molecule has 0 spiro atoms. The number of ether oxygens (including phenoxy) is 2. The van der Waals surface area contributed by atoms with E-state index in [4.69, 9.17) is 4.74 Å². The molecule has 1 aliphatic heterocycles. The molecule has 0 saturated carbocycles. The van der Waals surface area contributed by atoms with Gasteiger partial charge in [-0.15, -0.1) is 0 Å². The highest BCUT2D eigenvalue weighted by Gasteiger charge is 2.44. The highest BCUT2D eigenvalue weighted by molar-refractivity contribution is 6.08. The second-order valence-electron chi connectivity index (χ2n) is 4.97. The highest BCUT2D eigenvalue weighted by atomic mass is 16.5. The zero-order chi connectivity index (χ0) is 17.1. The summed E-state index contributed by atoms with van der Waals surface area (Å²) in [7, 11) is 2.65. The van der Waals surface area contributed by atoms with Gasteiger partial charge in [-0.2, -0.15) is 0 Å². The monoisotopic (exact) mass is 319 g/mol. The highest BCUT2D eigenvalue weighted by Crippen LogP contribution is 2.41. The predicted molar refractivity (Wildman–Crippen MR) is 79.8 cm³/mol. The Morgan fingerprint density at radius 3 is 2.48 bits per heavy atom. The minimum absolute atomic E-state index is 0.0663. The molecule has 1 N–H and O–H groups in total. The molecule has 7 heteroatoms. The van der Waals surface area contributed by atoms with Crippen molar-refractivity contribution in [1.29, 1.82) is 0 Å². The van der Waals surface area contributed by atoms with Gasteiger partial charge in [0.1, 0.15) is 12.3 Å². The van der Waals surface area contributed by atoms with Crippen LogP contribution in [-0.2, 0) is 19.1 Å². The second kappa shape index (κ2) is 6.51. The van der Waals surface area contributed by atoms with Gasteiger partial charge in [0.15, 0.2) is 11.5 Å². The molecule has 0 fully saturated rings. The van der Waals surface area contributed by atoms with Crippen molar-refractivity contribution >= 4 is 17.7 Å². The van der Waals surface area contributed by atoms with Crippen LogP contribution >= 0.6 is 0 Å². The summed E-state index contributed by atoms with van der Waals surface area (Å²) >= 11 is 0. The predicted octanol–water partition coefficient (Wildman–Crippen LogP) is 1.15. The van der Waals surface area contributed by atoms with Crippen molar-refractivity contribution in [3.8, 4) is 5.75 Å². The molecule has 0 aliphatic carbocycles. The van der Waals surface area contributed by atoms with E-state index in [1.165, 1.54) is 21.1 Å². The molecule has 122 valence electrons. The fraction of sp³-hybridized carbons (Fsp3) is 0.312. The molecule has 0 aromatic heterocycles. The average Bonchev–Trinajstić information content (AvgIpc) is 2.79. The first-order chi connectivity index (χ1) is 10.9. The van der Waals surface area contributed by atoms with E-state index in [0.29, 0.717) is 11.3 Å². The molecular weight excluding hydrogens is 302 g/mol. The summed E-state index contributed by atoms with van der Waals surface area (Å²) in [6.45, 7) is 0.863. The number of hydrogen-bond donors (Lipinski definition) is 1. The molecule has 1 unspecified atom stereocenters. The van der Waals surface area contributed by atoms with Gasteiger partial charge in [-0.3, -0.25) is 14.4 Å². The van der Waals surface area contributed by atoms with Gasteiger partial charge < -0.3 is 19.5 Å². The average molecular weight is 319 g/mol. The Morgan fingerprint density at radius 1 is 1.26 bits per heavy atom. The van der Waals surface area contributed by atoms with Crippen LogP contribution in [0, 0.1) is 0 Å². The molecule has 1 aliphatic rings. The lowest BCUT2D eigenvalue weighted by molar-refractivity contribution is -0.146. The molecule has 0 saturated heterocycles. The lowest BCUT2D eigenvalue weighted by Crippen LogP contribution is -2.36. The molecule has 0 radical (unpaired) electrons. The first-order valence-electron chi connectivity index (χ1n) is 6.87. The number of amides is 1. The van der Waals surface area contributed by atoms with Gasteiger partial charge >= 0.3 is 5.97 Å². The van der Waals surface area contributed by atoms with Crippen molar-refractivity contribution in [2.75, 3.05) is 20.8 Å². The van der Waals surface area contributed by atoms with Crippen molar-refractivity contribution < 1.29 is 29.0 Å². The summed E-state index contributed by atoms with van der Waals surface area (Å²) < 4.78 is 9.85. The van der Waals surface area contributed by atoms with E-state index in [2.05, 4.69) is 4.74 Å². The second-order valence-corrected chi connectivity index (χ2v) is 4.97. The van der Waals surface area contributed by atoms with Crippen LogP contribution in [0.4, 0.5) is 0 Å². The molecule has 1 aromatic carbocycles. The van der Waals surface area contributed by atoms with Gasteiger partial charge in [0.05, 0.1) is 25.8 Å². The van der Waals surface area contributed by atoms with Gasteiger partial charge in [0.2, 0.25) is 0 Å². The number of para-hydroxylation sites is 1. The summed E-state index contributed by atoms with van der Waals surface area (Å²) in [6.07, 6.45) is 0. The molecular formula is C16H17NO6. The molecule has 1 atom stereocenters. The number of hydrogen-bond acceptors (Lipinski definition) is 6. The minimum atomic E-state index is -0.907. The van der Waals surface area contributed by atoms with Gasteiger partial charge in [0, 0.05) is 5.56 Å². The maximum atomic E-state index is 12.3. The smallest absolute Gasteiger partial charge is 0.325 e. The fourth-order valence-corrected chi connectivity index (χ4v) is 2.60. The Hall–Kier alpha value is -2.83. The molecule has 1 amide bonds. The fourth-order valence-electron chi connectivity index (χ4n) is 2.60. The Bertz CT molecular complexity index is 694. The van der Waals surface area contributed by atoms with Crippen molar-refractivity contribution in [2.24, 2.45) is 0 Å². The van der Waals surface area contributed by atoms with Crippen molar-refractivity contribution in [3.63, 3.8) is 0 Å². The normalized spacial score (nSPS) is 17.4. The topological polar surface area (TPSA) is 93.1 Å². The summed E-state index contributed by atoms with van der Waals surface area (Å²) in [5, 5.41) is 10.1. The van der Waals surface area contributed by atoms with E-state index in [1.54, 1.807) is 24.3 Å². The molecule has 0 bridgehead atoms. The number of Topliss-reactive ketones (excluding diaryl/α,β-unsaturated/α-hetero) is 1.